The van der Waals surface area contributed by atoms with Crippen LogP contribution in [0.5, 0.6) is 5.75 Å². The third kappa shape index (κ3) is 7.21. The second-order valence-corrected chi connectivity index (χ2v) is 4.89. The van der Waals surface area contributed by atoms with Crippen LogP contribution < -0.4 is 10.5 Å². The predicted octanol–water partition coefficient (Wildman–Crippen LogP) is 1.97. The number of methoxy groups -OCH3 is 1. The Labute approximate surface area is 128 Å². The maximum Gasteiger partial charge on any atom is 0.133 e. The van der Waals surface area contributed by atoms with Crippen LogP contribution in [0.25, 0.3) is 0 Å². The average Bonchev–Trinajstić information content (AvgIpc) is 2.47. The molecule has 20 heavy (non-hydrogen) atoms. The van der Waals surface area contributed by atoms with Crippen molar-refractivity contribution in [1.29, 1.82) is 0 Å². The molecule has 0 radical (unpaired) electrons. The number of rotatable bonds is 11. The van der Waals surface area contributed by atoms with Crippen molar-refractivity contribution in [3.05, 3.63) is 28.2 Å². The van der Waals surface area contributed by atoms with Gasteiger partial charge in [0.2, 0.25) is 0 Å². The molecule has 0 atom stereocenters. The van der Waals surface area contributed by atoms with Gasteiger partial charge in [-0.15, -0.1) is 0 Å². The molecule has 0 saturated heterocycles. The van der Waals surface area contributed by atoms with Crippen LogP contribution in [-0.2, 0) is 20.8 Å². The second-order valence-electron chi connectivity index (χ2n) is 4.03. The smallest absolute Gasteiger partial charge is 0.133 e. The number of nitrogens with two attached hydrogens (primary N) is 1. The van der Waals surface area contributed by atoms with E-state index in [0.29, 0.717) is 46.2 Å². The van der Waals surface area contributed by atoms with Gasteiger partial charge in [0.05, 0.1) is 37.5 Å². The molecule has 6 heteroatoms. The summed E-state index contributed by atoms with van der Waals surface area (Å²) in [7, 11) is 1.65. The molecule has 0 aliphatic carbocycles. The molecule has 0 bridgehead atoms. The monoisotopic (exact) mass is 347 g/mol. The van der Waals surface area contributed by atoms with Crippen LogP contribution in [0.1, 0.15) is 5.56 Å². The largest absolute Gasteiger partial charge is 0.490 e. The Kier molecular flexibility index (Phi) is 9.61. The minimum atomic E-state index is 0.499. The SMILES string of the molecule is COCCOCCOCCOc1ccc(CN)cc1Br. The zero-order chi connectivity index (χ0) is 14.6. The first-order valence-electron chi connectivity index (χ1n) is 6.53. The van der Waals surface area contributed by atoms with E-state index >= 15 is 0 Å². The minimum absolute atomic E-state index is 0.499. The summed E-state index contributed by atoms with van der Waals surface area (Å²) in [6.07, 6.45) is 0. The van der Waals surface area contributed by atoms with Crippen LogP contribution in [-0.4, -0.2) is 46.8 Å². The van der Waals surface area contributed by atoms with Gasteiger partial charge in [0, 0.05) is 13.7 Å². The molecule has 1 aromatic carbocycles. The molecule has 114 valence electrons. The van der Waals surface area contributed by atoms with E-state index in [1.54, 1.807) is 7.11 Å². The van der Waals surface area contributed by atoms with Crippen molar-refractivity contribution in [2.45, 2.75) is 6.54 Å². The Morgan fingerprint density at radius 2 is 1.65 bits per heavy atom. The van der Waals surface area contributed by atoms with Crippen molar-refractivity contribution in [3.63, 3.8) is 0 Å². The van der Waals surface area contributed by atoms with Crippen molar-refractivity contribution >= 4 is 15.9 Å². The Morgan fingerprint density at radius 3 is 2.25 bits per heavy atom. The lowest BCUT2D eigenvalue weighted by Gasteiger charge is -2.10. The highest BCUT2D eigenvalue weighted by atomic mass is 79.9. The first kappa shape index (κ1) is 17.4. The van der Waals surface area contributed by atoms with Crippen LogP contribution in [0.4, 0.5) is 0 Å². The quantitative estimate of drug-likeness (QED) is 0.620. The zero-order valence-corrected chi connectivity index (χ0v) is 13.4. The van der Waals surface area contributed by atoms with Gasteiger partial charge in [-0.05, 0) is 33.6 Å². The van der Waals surface area contributed by atoms with Crippen LogP contribution in [0.15, 0.2) is 22.7 Å². The fraction of sp³-hybridized carbons (Fsp3) is 0.571. The van der Waals surface area contributed by atoms with E-state index in [1.807, 2.05) is 18.2 Å². The van der Waals surface area contributed by atoms with E-state index in [4.69, 9.17) is 24.7 Å². The highest BCUT2D eigenvalue weighted by Gasteiger charge is 2.02. The number of hydrogen-bond donors (Lipinski definition) is 1. The molecule has 0 spiro atoms. The summed E-state index contributed by atoms with van der Waals surface area (Å²) in [5.41, 5.74) is 6.63. The summed E-state index contributed by atoms with van der Waals surface area (Å²) in [5.74, 6) is 0.794. The Morgan fingerprint density at radius 1 is 1.00 bits per heavy atom. The molecule has 0 saturated carbocycles. The number of halogens is 1. The molecule has 0 aliphatic heterocycles. The first-order valence-corrected chi connectivity index (χ1v) is 7.33. The van der Waals surface area contributed by atoms with E-state index in [1.165, 1.54) is 0 Å². The fourth-order valence-corrected chi connectivity index (χ4v) is 2.00. The molecule has 0 fully saturated rings. The molecule has 5 nitrogen and oxygen atoms in total. The lowest BCUT2D eigenvalue weighted by molar-refractivity contribution is 0.0179. The van der Waals surface area contributed by atoms with Gasteiger partial charge in [0.1, 0.15) is 12.4 Å². The summed E-state index contributed by atoms with van der Waals surface area (Å²) in [4.78, 5) is 0. The molecule has 1 aromatic rings. The van der Waals surface area contributed by atoms with E-state index in [2.05, 4.69) is 15.9 Å². The lowest BCUT2D eigenvalue weighted by Crippen LogP contribution is -2.12. The van der Waals surface area contributed by atoms with Gasteiger partial charge in [-0.25, -0.2) is 0 Å². The highest BCUT2D eigenvalue weighted by Crippen LogP contribution is 2.25. The van der Waals surface area contributed by atoms with Gasteiger partial charge in [-0.1, -0.05) is 6.07 Å². The summed E-state index contributed by atoms with van der Waals surface area (Å²) < 4.78 is 22.0. The summed E-state index contributed by atoms with van der Waals surface area (Å²) in [6, 6.07) is 5.81. The summed E-state index contributed by atoms with van der Waals surface area (Å²) in [5, 5.41) is 0. The standard InChI is InChI=1S/C14H22BrNO4/c1-17-4-5-18-6-7-19-8-9-20-14-3-2-12(11-16)10-13(14)15/h2-3,10H,4-9,11,16H2,1H3. The Balaban J connectivity index is 2.06. The number of hydrogen-bond acceptors (Lipinski definition) is 5. The van der Waals surface area contributed by atoms with Crippen LogP contribution in [0, 0.1) is 0 Å². The number of benzene rings is 1. The van der Waals surface area contributed by atoms with Gasteiger partial charge >= 0.3 is 0 Å². The van der Waals surface area contributed by atoms with Crippen molar-refractivity contribution in [1.82, 2.24) is 0 Å². The van der Waals surface area contributed by atoms with Gasteiger partial charge in [0.25, 0.3) is 0 Å². The molecule has 0 amide bonds. The van der Waals surface area contributed by atoms with Crippen molar-refractivity contribution in [3.8, 4) is 5.75 Å². The molecule has 0 aliphatic rings. The van der Waals surface area contributed by atoms with E-state index < -0.39 is 0 Å². The molecular weight excluding hydrogens is 326 g/mol. The normalized spacial score (nSPS) is 10.8. The van der Waals surface area contributed by atoms with Gasteiger partial charge in [0.15, 0.2) is 0 Å². The Bertz CT molecular complexity index is 376. The number of ether oxygens (including phenoxy) is 4. The minimum Gasteiger partial charge on any atom is -0.490 e. The fourth-order valence-electron chi connectivity index (χ4n) is 1.46. The summed E-state index contributed by atoms with van der Waals surface area (Å²) in [6.45, 7) is 3.87. The van der Waals surface area contributed by atoms with E-state index in [-0.39, 0.29) is 0 Å². The van der Waals surface area contributed by atoms with Crippen molar-refractivity contribution < 1.29 is 18.9 Å². The molecule has 1 rings (SSSR count). The van der Waals surface area contributed by atoms with Crippen LogP contribution in [0.2, 0.25) is 0 Å². The third-order valence-electron chi connectivity index (χ3n) is 2.52. The molecule has 0 aromatic heterocycles. The van der Waals surface area contributed by atoms with Crippen molar-refractivity contribution in [2.75, 3.05) is 46.8 Å². The van der Waals surface area contributed by atoms with Gasteiger partial charge < -0.3 is 24.7 Å². The Hall–Kier alpha value is -0.660. The van der Waals surface area contributed by atoms with E-state index in [9.17, 15) is 0 Å². The molecule has 0 heterocycles. The van der Waals surface area contributed by atoms with Gasteiger partial charge in [-0.3, -0.25) is 0 Å². The lowest BCUT2D eigenvalue weighted by atomic mass is 10.2. The molecule has 0 unspecified atom stereocenters. The maximum atomic E-state index is 5.61. The van der Waals surface area contributed by atoms with Crippen LogP contribution >= 0.6 is 15.9 Å². The first-order chi connectivity index (χ1) is 9.77. The zero-order valence-electron chi connectivity index (χ0n) is 11.8. The topological polar surface area (TPSA) is 62.9 Å². The van der Waals surface area contributed by atoms with Crippen molar-refractivity contribution in [2.24, 2.45) is 5.73 Å². The third-order valence-corrected chi connectivity index (χ3v) is 3.14. The molecular formula is C14H22BrNO4. The van der Waals surface area contributed by atoms with Crippen LogP contribution in [0.3, 0.4) is 0 Å². The predicted molar refractivity (Wildman–Crippen MR) is 81.0 cm³/mol. The summed E-state index contributed by atoms with van der Waals surface area (Å²) >= 11 is 3.45. The average molecular weight is 348 g/mol. The van der Waals surface area contributed by atoms with E-state index in [0.717, 1.165) is 15.8 Å². The maximum absolute atomic E-state index is 5.61. The highest BCUT2D eigenvalue weighted by molar-refractivity contribution is 9.10. The second kappa shape index (κ2) is 11.0. The van der Waals surface area contributed by atoms with Gasteiger partial charge in [-0.2, -0.15) is 0 Å². The molecule has 2 N–H and O–H groups in total.